The molecule has 2 unspecified atom stereocenters. The fourth-order valence-electron chi connectivity index (χ4n) is 1.99. The lowest BCUT2D eigenvalue weighted by atomic mass is 10.0. The van der Waals surface area contributed by atoms with Crippen LogP contribution in [0.3, 0.4) is 0 Å². The van der Waals surface area contributed by atoms with E-state index in [0.717, 1.165) is 25.7 Å². The fourth-order valence-corrected chi connectivity index (χ4v) is 2.70. The number of unbranched alkanes of at least 4 members (excludes halogenated alkanes) is 1. The third-order valence-corrected chi connectivity index (χ3v) is 5.09. The minimum absolute atomic E-state index is 0.00752. The molecule has 0 spiro atoms. The summed E-state index contributed by atoms with van der Waals surface area (Å²) in [7, 11) is 1.44. The van der Waals surface area contributed by atoms with Crippen molar-refractivity contribution in [3.05, 3.63) is 0 Å². The maximum absolute atomic E-state index is 10.9. The second-order valence-electron chi connectivity index (χ2n) is 4.87. The Morgan fingerprint density at radius 3 is 2.69 bits per heavy atom. The average Bonchev–Trinajstić information content (AvgIpc) is 2.47. The summed E-state index contributed by atoms with van der Waals surface area (Å²) in [5.74, 6) is -0.112. The quantitative estimate of drug-likeness (QED) is 0.334. The van der Waals surface area contributed by atoms with Crippen molar-refractivity contribution in [2.75, 3.05) is 7.11 Å². The van der Waals surface area contributed by atoms with Crippen LogP contribution in [-0.2, 0) is 14.3 Å². The van der Waals surface area contributed by atoms with E-state index in [0.29, 0.717) is 16.4 Å². The summed E-state index contributed by atoms with van der Waals surface area (Å²) < 4.78 is 11.2. The van der Waals surface area contributed by atoms with Gasteiger partial charge in [0, 0.05) is 10.3 Å². The van der Waals surface area contributed by atoms with Crippen molar-refractivity contribution in [2.24, 2.45) is 0 Å². The molecule has 1 aliphatic heterocycles. The number of carbonyl (C=O) groups is 1. The van der Waals surface area contributed by atoms with E-state index >= 15 is 0 Å². The summed E-state index contributed by atoms with van der Waals surface area (Å²) in [6, 6.07) is 0. The smallest absolute Gasteiger partial charge is 0.305 e. The molecule has 0 amide bonds. The van der Waals surface area contributed by atoms with E-state index in [1.54, 1.807) is 0 Å². The van der Waals surface area contributed by atoms with Gasteiger partial charge in [0.15, 0.2) is 0 Å². The van der Waals surface area contributed by atoms with Crippen LogP contribution in [0.2, 0.25) is 0 Å². The molecule has 4 heteroatoms. The SMILES string of the molecule is COC(=O)CCCCC1CC(I)C(C)(C)O1. The lowest BCUT2D eigenvalue weighted by molar-refractivity contribution is -0.140. The van der Waals surface area contributed by atoms with Gasteiger partial charge in [-0.15, -0.1) is 0 Å². The summed E-state index contributed by atoms with van der Waals surface area (Å²) in [5.41, 5.74) is 0.00752. The molecule has 0 radical (unpaired) electrons. The van der Waals surface area contributed by atoms with Gasteiger partial charge in [-0.25, -0.2) is 0 Å². The Labute approximate surface area is 111 Å². The Kier molecular flexibility index (Phi) is 5.50. The highest BCUT2D eigenvalue weighted by Gasteiger charge is 2.39. The molecule has 94 valence electrons. The van der Waals surface area contributed by atoms with Crippen molar-refractivity contribution in [3.8, 4) is 0 Å². The zero-order valence-corrected chi connectivity index (χ0v) is 12.5. The molecule has 2 atom stereocenters. The minimum atomic E-state index is -0.112. The largest absolute Gasteiger partial charge is 0.469 e. The van der Waals surface area contributed by atoms with Crippen molar-refractivity contribution in [2.45, 2.75) is 61.6 Å². The average molecular weight is 340 g/mol. The number of methoxy groups -OCH3 is 1. The number of ether oxygens (including phenoxy) is 2. The zero-order valence-electron chi connectivity index (χ0n) is 10.3. The van der Waals surface area contributed by atoms with Gasteiger partial charge in [-0.05, 0) is 33.1 Å². The Morgan fingerprint density at radius 2 is 2.19 bits per heavy atom. The van der Waals surface area contributed by atoms with Gasteiger partial charge in [0.1, 0.15) is 0 Å². The lowest BCUT2D eigenvalue weighted by Crippen LogP contribution is -2.27. The van der Waals surface area contributed by atoms with Gasteiger partial charge in [-0.1, -0.05) is 29.0 Å². The van der Waals surface area contributed by atoms with Crippen LogP contribution in [0, 0.1) is 0 Å². The zero-order chi connectivity index (χ0) is 12.2. The summed E-state index contributed by atoms with van der Waals surface area (Å²) in [6.45, 7) is 4.30. The Morgan fingerprint density at radius 1 is 1.50 bits per heavy atom. The van der Waals surface area contributed by atoms with Crippen LogP contribution in [0.1, 0.15) is 46.0 Å². The highest BCUT2D eigenvalue weighted by atomic mass is 127. The molecule has 1 aliphatic rings. The van der Waals surface area contributed by atoms with Gasteiger partial charge in [0.2, 0.25) is 0 Å². The summed E-state index contributed by atoms with van der Waals surface area (Å²) >= 11 is 2.47. The third-order valence-electron chi connectivity index (χ3n) is 3.08. The number of rotatable bonds is 5. The van der Waals surface area contributed by atoms with E-state index in [1.807, 2.05) is 0 Å². The van der Waals surface area contributed by atoms with Crippen molar-refractivity contribution in [1.29, 1.82) is 0 Å². The molecule has 1 rings (SSSR count). The fraction of sp³-hybridized carbons (Fsp3) is 0.917. The minimum Gasteiger partial charge on any atom is -0.469 e. The molecular weight excluding hydrogens is 319 g/mol. The summed E-state index contributed by atoms with van der Waals surface area (Å²) in [5, 5.41) is 0. The van der Waals surface area contributed by atoms with E-state index in [-0.39, 0.29) is 11.6 Å². The first kappa shape index (κ1) is 14.2. The molecule has 1 fully saturated rings. The van der Waals surface area contributed by atoms with Crippen molar-refractivity contribution in [3.63, 3.8) is 0 Å². The maximum atomic E-state index is 10.9. The second kappa shape index (κ2) is 6.19. The van der Waals surface area contributed by atoms with Crippen LogP contribution in [0.5, 0.6) is 0 Å². The van der Waals surface area contributed by atoms with Gasteiger partial charge in [0.25, 0.3) is 0 Å². The van der Waals surface area contributed by atoms with Gasteiger partial charge in [-0.3, -0.25) is 4.79 Å². The van der Waals surface area contributed by atoms with E-state index in [4.69, 9.17) is 4.74 Å². The van der Waals surface area contributed by atoms with E-state index in [9.17, 15) is 4.79 Å². The molecule has 0 N–H and O–H groups in total. The Bertz CT molecular complexity index is 240. The van der Waals surface area contributed by atoms with Gasteiger partial charge in [-0.2, -0.15) is 0 Å². The first-order valence-corrected chi connectivity index (χ1v) is 7.09. The molecule has 0 aromatic carbocycles. The van der Waals surface area contributed by atoms with E-state index < -0.39 is 0 Å². The molecule has 0 aromatic heterocycles. The highest BCUT2D eigenvalue weighted by molar-refractivity contribution is 14.1. The van der Waals surface area contributed by atoms with Crippen LogP contribution in [-0.4, -0.2) is 28.7 Å². The molecule has 0 bridgehead atoms. The molecule has 0 aliphatic carbocycles. The summed E-state index contributed by atoms with van der Waals surface area (Å²) in [4.78, 5) is 10.9. The van der Waals surface area contributed by atoms with Crippen LogP contribution >= 0.6 is 22.6 Å². The normalized spacial score (nSPS) is 28.0. The number of carbonyl (C=O) groups excluding carboxylic acids is 1. The number of alkyl halides is 1. The number of hydrogen-bond acceptors (Lipinski definition) is 3. The molecule has 3 nitrogen and oxygen atoms in total. The number of hydrogen-bond donors (Lipinski definition) is 0. The van der Waals surface area contributed by atoms with Crippen LogP contribution in [0.25, 0.3) is 0 Å². The van der Waals surface area contributed by atoms with Crippen LogP contribution in [0.4, 0.5) is 0 Å². The molecule has 1 heterocycles. The van der Waals surface area contributed by atoms with Gasteiger partial charge >= 0.3 is 5.97 Å². The van der Waals surface area contributed by atoms with Crippen LogP contribution < -0.4 is 0 Å². The first-order valence-electron chi connectivity index (χ1n) is 5.84. The Hall–Kier alpha value is 0.160. The number of esters is 1. The molecule has 0 saturated carbocycles. The van der Waals surface area contributed by atoms with Gasteiger partial charge in [0.05, 0.1) is 18.8 Å². The highest BCUT2D eigenvalue weighted by Crippen LogP contribution is 2.37. The topological polar surface area (TPSA) is 35.5 Å². The van der Waals surface area contributed by atoms with Crippen molar-refractivity contribution in [1.82, 2.24) is 0 Å². The molecule has 0 aromatic rings. The standard InChI is InChI=1S/C12H21IO3/c1-12(2)10(13)8-9(16-12)6-4-5-7-11(14)15-3/h9-10H,4-8H2,1-3H3. The predicted octanol–water partition coefficient (Wildman–Crippen LogP) is 3.09. The Balaban J connectivity index is 2.14. The third kappa shape index (κ3) is 4.20. The maximum Gasteiger partial charge on any atom is 0.305 e. The lowest BCUT2D eigenvalue weighted by Gasteiger charge is -2.22. The first-order chi connectivity index (χ1) is 7.45. The van der Waals surface area contributed by atoms with E-state index in [2.05, 4.69) is 41.2 Å². The number of halogens is 1. The monoisotopic (exact) mass is 340 g/mol. The molecule has 16 heavy (non-hydrogen) atoms. The molecule has 1 saturated heterocycles. The van der Waals surface area contributed by atoms with Crippen LogP contribution in [0.15, 0.2) is 0 Å². The molecular formula is C12H21IO3. The van der Waals surface area contributed by atoms with Crippen molar-refractivity contribution >= 4 is 28.6 Å². The second-order valence-corrected chi connectivity index (χ2v) is 6.37. The van der Waals surface area contributed by atoms with E-state index in [1.165, 1.54) is 7.11 Å². The van der Waals surface area contributed by atoms with Gasteiger partial charge < -0.3 is 9.47 Å². The summed E-state index contributed by atoms with van der Waals surface area (Å²) in [6.07, 6.45) is 5.03. The predicted molar refractivity (Wildman–Crippen MR) is 71.9 cm³/mol. The van der Waals surface area contributed by atoms with Crippen molar-refractivity contribution < 1.29 is 14.3 Å².